The van der Waals surface area contributed by atoms with Crippen LogP contribution in [-0.4, -0.2) is 26.5 Å². The highest BCUT2D eigenvalue weighted by Crippen LogP contribution is 2.25. The molecule has 2 heterocycles. The van der Waals surface area contributed by atoms with Gasteiger partial charge >= 0.3 is 0 Å². The highest BCUT2D eigenvalue weighted by atomic mass is 35.5. The van der Waals surface area contributed by atoms with Crippen LogP contribution >= 0.6 is 11.6 Å². The van der Waals surface area contributed by atoms with Gasteiger partial charge in [-0.05, 0) is 6.92 Å². The maximum atomic E-state index is 6.19. The molecule has 2 aromatic heterocycles. The first-order chi connectivity index (χ1) is 9.38. The minimum atomic E-state index is -0.130. The van der Waals surface area contributed by atoms with E-state index in [0.29, 0.717) is 5.15 Å². The fourth-order valence-electron chi connectivity index (χ4n) is 1.73. The normalized spacial score (nSPS) is 11.7. The second-order valence-corrected chi connectivity index (χ2v) is 6.13. The van der Waals surface area contributed by atoms with E-state index in [4.69, 9.17) is 11.6 Å². The van der Waals surface area contributed by atoms with E-state index >= 15 is 0 Å². The predicted molar refractivity (Wildman–Crippen MR) is 81.3 cm³/mol. The van der Waals surface area contributed by atoms with Crippen LogP contribution in [0.5, 0.6) is 0 Å². The van der Waals surface area contributed by atoms with Gasteiger partial charge in [0, 0.05) is 36.3 Å². The number of aromatic amines is 1. The van der Waals surface area contributed by atoms with Crippen LogP contribution in [0.15, 0.2) is 12.4 Å². The van der Waals surface area contributed by atoms with Crippen LogP contribution in [0.4, 0.5) is 5.82 Å². The molecule has 5 nitrogen and oxygen atoms in total. The Balaban J connectivity index is 2.12. The maximum Gasteiger partial charge on any atom is 0.137 e. The summed E-state index contributed by atoms with van der Waals surface area (Å²) < 4.78 is 0. The molecule has 0 aromatic carbocycles. The van der Waals surface area contributed by atoms with Gasteiger partial charge < -0.3 is 10.3 Å². The molecule has 0 aliphatic rings. The average molecular weight is 294 g/mol. The van der Waals surface area contributed by atoms with Crippen LogP contribution in [0.2, 0.25) is 5.15 Å². The van der Waals surface area contributed by atoms with Crippen LogP contribution < -0.4 is 5.32 Å². The van der Waals surface area contributed by atoms with Crippen molar-refractivity contribution in [3.05, 3.63) is 34.8 Å². The lowest BCUT2D eigenvalue weighted by atomic mass is 9.95. The van der Waals surface area contributed by atoms with E-state index in [9.17, 15) is 0 Å². The van der Waals surface area contributed by atoms with Crippen molar-refractivity contribution in [2.75, 3.05) is 11.9 Å². The molecule has 0 amide bonds. The molecule has 0 unspecified atom stereocenters. The zero-order valence-electron chi connectivity index (χ0n) is 12.3. The number of hydrogen-bond acceptors (Lipinski definition) is 4. The SMILES string of the molecule is Cc1c(Cl)nc(C(C)(C)C)nc1NCCc1ncc[nH]1. The highest BCUT2D eigenvalue weighted by Gasteiger charge is 2.20. The summed E-state index contributed by atoms with van der Waals surface area (Å²) in [4.78, 5) is 16.2. The predicted octanol–water partition coefficient (Wildman–Crippen LogP) is 3.11. The topological polar surface area (TPSA) is 66.5 Å². The largest absolute Gasteiger partial charge is 0.369 e. The highest BCUT2D eigenvalue weighted by molar-refractivity contribution is 6.30. The molecule has 2 rings (SSSR count). The van der Waals surface area contributed by atoms with E-state index in [1.54, 1.807) is 6.20 Å². The lowest BCUT2D eigenvalue weighted by molar-refractivity contribution is 0.545. The monoisotopic (exact) mass is 293 g/mol. The number of anilines is 1. The first-order valence-electron chi connectivity index (χ1n) is 6.64. The van der Waals surface area contributed by atoms with Crippen molar-refractivity contribution in [2.45, 2.75) is 39.5 Å². The summed E-state index contributed by atoms with van der Waals surface area (Å²) in [6.45, 7) is 8.87. The molecule has 20 heavy (non-hydrogen) atoms. The van der Waals surface area contributed by atoms with Crippen LogP contribution in [0.3, 0.4) is 0 Å². The molecule has 0 saturated heterocycles. The molecule has 0 atom stereocenters. The van der Waals surface area contributed by atoms with Crippen molar-refractivity contribution in [3.8, 4) is 0 Å². The Kier molecular flexibility index (Phi) is 4.28. The van der Waals surface area contributed by atoms with Gasteiger partial charge in [-0.1, -0.05) is 32.4 Å². The zero-order valence-corrected chi connectivity index (χ0v) is 13.0. The van der Waals surface area contributed by atoms with E-state index in [0.717, 1.165) is 36.0 Å². The van der Waals surface area contributed by atoms with Crippen molar-refractivity contribution in [1.29, 1.82) is 0 Å². The first kappa shape index (κ1) is 14.8. The second-order valence-electron chi connectivity index (χ2n) is 5.77. The fourth-order valence-corrected chi connectivity index (χ4v) is 1.90. The Morgan fingerprint density at radius 1 is 1.30 bits per heavy atom. The Labute approximate surface area is 124 Å². The fraction of sp³-hybridized carbons (Fsp3) is 0.500. The van der Waals surface area contributed by atoms with Gasteiger partial charge in [-0.25, -0.2) is 15.0 Å². The van der Waals surface area contributed by atoms with E-state index in [2.05, 4.69) is 46.0 Å². The van der Waals surface area contributed by atoms with Gasteiger partial charge in [-0.15, -0.1) is 0 Å². The number of H-pyrrole nitrogens is 1. The Morgan fingerprint density at radius 3 is 2.65 bits per heavy atom. The lowest BCUT2D eigenvalue weighted by Gasteiger charge is -2.19. The van der Waals surface area contributed by atoms with Crippen LogP contribution in [0.1, 0.15) is 38.0 Å². The zero-order chi connectivity index (χ0) is 14.8. The summed E-state index contributed by atoms with van der Waals surface area (Å²) in [5.41, 5.74) is 0.744. The van der Waals surface area contributed by atoms with Crippen molar-refractivity contribution in [3.63, 3.8) is 0 Å². The van der Waals surface area contributed by atoms with Gasteiger partial charge in [-0.3, -0.25) is 0 Å². The van der Waals surface area contributed by atoms with Gasteiger partial charge in [0.25, 0.3) is 0 Å². The van der Waals surface area contributed by atoms with Gasteiger partial charge in [0.2, 0.25) is 0 Å². The molecule has 108 valence electrons. The smallest absolute Gasteiger partial charge is 0.137 e. The molecule has 0 saturated carbocycles. The molecular formula is C14H20ClN5. The van der Waals surface area contributed by atoms with Crippen LogP contribution in [-0.2, 0) is 11.8 Å². The van der Waals surface area contributed by atoms with Gasteiger partial charge in [0.1, 0.15) is 22.6 Å². The number of aromatic nitrogens is 4. The minimum Gasteiger partial charge on any atom is -0.369 e. The van der Waals surface area contributed by atoms with Crippen molar-refractivity contribution in [1.82, 2.24) is 19.9 Å². The molecular weight excluding hydrogens is 274 g/mol. The number of halogens is 1. The number of rotatable bonds is 4. The molecule has 0 fully saturated rings. The minimum absolute atomic E-state index is 0.130. The quantitative estimate of drug-likeness (QED) is 0.850. The van der Waals surface area contributed by atoms with Gasteiger partial charge in [-0.2, -0.15) is 0 Å². The van der Waals surface area contributed by atoms with Crippen molar-refractivity contribution in [2.24, 2.45) is 0 Å². The van der Waals surface area contributed by atoms with E-state index in [-0.39, 0.29) is 5.41 Å². The van der Waals surface area contributed by atoms with Gasteiger partial charge in [0.15, 0.2) is 0 Å². The molecule has 0 bridgehead atoms. The lowest BCUT2D eigenvalue weighted by Crippen LogP contribution is -2.19. The van der Waals surface area contributed by atoms with Crippen molar-refractivity contribution >= 4 is 17.4 Å². The van der Waals surface area contributed by atoms with Crippen LogP contribution in [0.25, 0.3) is 0 Å². The summed E-state index contributed by atoms with van der Waals surface area (Å²) in [5, 5.41) is 3.81. The summed E-state index contributed by atoms with van der Waals surface area (Å²) in [5.74, 6) is 2.49. The number of imidazole rings is 1. The van der Waals surface area contributed by atoms with Crippen LogP contribution in [0, 0.1) is 6.92 Å². The average Bonchev–Trinajstić information content (AvgIpc) is 2.86. The third-order valence-electron chi connectivity index (χ3n) is 2.97. The molecule has 0 radical (unpaired) electrons. The van der Waals surface area contributed by atoms with E-state index in [1.165, 1.54) is 0 Å². The number of hydrogen-bond donors (Lipinski definition) is 2. The summed E-state index contributed by atoms with van der Waals surface area (Å²) >= 11 is 6.19. The van der Waals surface area contributed by atoms with Gasteiger partial charge in [0.05, 0.1) is 0 Å². The maximum absolute atomic E-state index is 6.19. The third-order valence-corrected chi connectivity index (χ3v) is 3.33. The van der Waals surface area contributed by atoms with E-state index < -0.39 is 0 Å². The Morgan fingerprint density at radius 2 is 2.05 bits per heavy atom. The summed E-state index contributed by atoms with van der Waals surface area (Å²) in [6.07, 6.45) is 4.37. The Hall–Kier alpha value is -1.62. The summed E-state index contributed by atoms with van der Waals surface area (Å²) in [7, 11) is 0. The third kappa shape index (κ3) is 3.48. The molecule has 2 N–H and O–H groups in total. The molecule has 0 spiro atoms. The number of nitrogens with zero attached hydrogens (tertiary/aromatic N) is 3. The standard InChI is InChI=1S/C14H20ClN5/c1-9-11(15)19-13(14(2,3)4)20-12(9)18-6-5-10-16-7-8-17-10/h7-8H,5-6H2,1-4H3,(H,16,17)(H,18,19,20). The van der Waals surface area contributed by atoms with E-state index in [1.807, 2.05) is 13.1 Å². The number of nitrogens with one attached hydrogen (secondary N) is 2. The molecule has 0 aliphatic heterocycles. The van der Waals surface area contributed by atoms with Crippen molar-refractivity contribution < 1.29 is 0 Å². The first-order valence-corrected chi connectivity index (χ1v) is 7.02. The molecule has 2 aromatic rings. The molecule has 6 heteroatoms. The second kappa shape index (κ2) is 5.79. The Bertz CT molecular complexity index is 572. The molecule has 0 aliphatic carbocycles. The summed E-state index contributed by atoms with van der Waals surface area (Å²) in [6, 6.07) is 0.